The maximum atomic E-state index is 12.2. The number of anilines is 2. The summed E-state index contributed by atoms with van der Waals surface area (Å²) in [6.45, 7) is 1.70. The molecule has 0 saturated heterocycles. The second-order valence-electron chi connectivity index (χ2n) is 6.05. The molecule has 9 heteroatoms. The Morgan fingerprint density at radius 3 is 2.48 bits per heavy atom. The van der Waals surface area contributed by atoms with Crippen LogP contribution in [0.2, 0.25) is 0 Å². The minimum absolute atomic E-state index is 0.0193. The molecule has 0 saturated carbocycles. The molecule has 2 N–H and O–H groups in total. The monoisotopic (exact) mass is 411 g/mol. The molecule has 0 unspecified atom stereocenters. The second kappa shape index (κ2) is 9.07. The van der Waals surface area contributed by atoms with Gasteiger partial charge in [-0.25, -0.2) is 0 Å². The highest BCUT2D eigenvalue weighted by Crippen LogP contribution is 2.23. The average Bonchev–Trinajstić information content (AvgIpc) is 3.24. The van der Waals surface area contributed by atoms with Crippen molar-refractivity contribution in [3.8, 4) is 0 Å². The van der Waals surface area contributed by atoms with Crippen LogP contribution in [0, 0.1) is 17.0 Å². The molecule has 3 aromatic rings. The number of nitrogens with one attached hydrogen (secondary N) is 2. The Hall–Kier alpha value is -3.59. The van der Waals surface area contributed by atoms with Gasteiger partial charge in [-0.1, -0.05) is 0 Å². The number of nitro groups is 1. The van der Waals surface area contributed by atoms with Crippen molar-refractivity contribution in [2.24, 2.45) is 0 Å². The van der Waals surface area contributed by atoms with E-state index in [1.165, 1.54) is 36.2 Å². The summed E-state index contributed by atoms with van der Waals surface area (Å²) in [6, 6.07) is 14.6. The summed E-state index contributed by atoms with van der Waals surface area (Å²) in [5.41, 5.74) is 1.75. The van der Waals surface area contributed by atoms with E-state index in [-0.39, 0.29) is 29.0 Å². The molecule has 29 heavy (non-hydrogen) atoms. The fraction of sp³-hybridized carbons (Fsp3) is 0.100. The first-order chi connectivity index (χ1) is 13.9. The third kappa shape index (κ3) is 5.45. The van der Waals surface area contributed by atoms with Gasteiger partial charge < -0.3 is 15.1 Å². The molecule has 0 aliphatic rings. The number of hydrogen-bond donors (Lipinski definition) is 2. The summed E-state index contributed by atoms with van der Waals surface area (Å²) >= 11 is 1.34. The third-order valence-electron chi connectivity index (χ3n) is 3.92. The van der Waals surface area contributed by atoms with Crippen molar-refractivity contribution >= 4 is 40.6 Å². The summed E-state index contributed by atoms with van der Waals surface area (Å²) < 4.78 is 5.04. The standard InChI is InChI=1S/C20H17N3O5S/c1-13-11-15(23(26)27)6-9-17(13)22-19(24)12-29-16-7-4-14(5-8-16)21-20(25)18-3-2-10-28-18/h2-11H,12H2,1H3,(H,21,25)(H,22,24). The van der Waals surface area contributed by atoms with Gasteiger partial charge in [0.15, 0.2) is 5.76 Å². The van der Waals surface area contributed by atoms with E-state index in [1.807, 2.05) is 0 Å². The number of thioether (sulfide) groups is 1. The van der Waals surface area contributed by atoms with E-state index >= 15 is 0 Å². The van der Waals surface area contributed by atoms with Crippen LogP contribution in [-0.4, -0.2) is 22.5 Å². The Bertz CT molecular complexity index is 1030. The zero-order valence-corrected chi connectivity index (χ0v) is 16.2. The first kappa shape index (κ1) is 20.2. The van der Waals surface area contributed by atoms with Crippen LogP contribution >= 0.6 is 11.8 Å². The van der Waals surface area contributed by atoms with E-state index in [0.717, 1.165) is 4.90 Å². The Balaban J connectivity index is 1.51. The second-order valence-corrected chi connectivity index (χ2v) is 7.10. The van der Waals surface area contributed by atoms with E-state index in [1.54, 1.807) is 43.3 Å². The molecule has 148 valence electrons. The number of non-ortho nitro benzene ring substituents is 1. The highest BCUT2D eigenvalue weighted by atomic mass is 32.2. The van der Waals surface area contributed by atoms with E-state index in [2.05, 4.69) is 10.6 Å². The minimum atomic E-state index is -0.477. The number of aryl methyl sites for hydroxylation is 1. The lowest BCUT2D eigenvalue weighted by atomic mass is 10.2. The normalized spacial score (nSPS) is 10.4. The zero-order chi connectivity index (χ0) is 20.8. The Kier molecular flexibility index (Phi) is 6.30. The van der Waals surface area contributed by atoms with Crippen molar-refractivity contribution < 1.29 is 18.9 Å². The van der Waals surface area contributed by atoms with Gasteiger partial charge in [-0.05, 0) is 55.0 Å². The molecule has 3 rings (SSSR count). The van der Waals surface area contributed by atoms with Crippen molar-refractivity contribution in [3.63, 3.8) is 0 Å². The molecule has 0 bridgehead atoms. The van der Waals surface area contributed by atoms with Gasteiger partial charge in [0.05, 0.1) is 16.9 Å². The zero-order valence-electron chi connectivity index (χ0n) is 15.4. The van der Waals surface area contributed by atoms with E-state index in [9.17, 15) is 19.7 Å². The Labute approximate surface area is 170 Å². The fourth-order valence-electron chi connectivity index (χ4n) is 2.47. The lowest BCUT2D eigenvalue weighted by Gasteiger charge is -2.08. The van der Waals surface area contributed by atoms with Crippen LogP contribution in [0.3, 0.4) is 0 Å². The summed E-state index contributed by atoms with van der Waals surface area (Å²) in [6.07, 6.45) is 1.43. The SMILES string of the molecule is Cc1cc([N+](=O)[O-])ccc1NC(=O)CSc1ccc(NC(=O)c2ccco2)cc1. The molecule has 2 aromatic carbocycles. The molecule has 0 aliphatic carbocycles. The molecular weight excluding hydrogens is 394 g/mol. The van der Waals surface area contributed by atoms with Gasteiger partial charge in [0.25, 0.3) is 11.6 Å². The largest absolute Gasteiger partial charge is 0.459 e. The average molecular weight is 411 g/mol. The topological polar surface area (TPSA) is 114 Å². The highest BCUT2D eigenvalue weighted by molar-refractivity contribution is 8.00. The van der Waals surface area contributed by atoms with Crippen molar-refractivity contribution in [2.75, 3.05) is 16.4 Å². The lowest BCUT2D eigenvalue weighted by Crippen LogP contribution is -2.14. The number of nitrogens with zero attached hydrogens (tertiary/aromatic N) is 1. The molecular formula is C20H17N3O5S. The van der Waals surface area contributed by atoms with Gasteiger partial charge in [0.1, 0.15) is 0 Å². The van der Waals surface area contributed by atoms with Crippen LogP contribution in [0.1, 0.15) is 16.1 Å². The summed E-state index contributed by atoms with van der Waals surface area (Å²) in [4.78, 5) is 35.3. The van der Waals surface area contributed by atoms with Gasteiger partial charge in [-0.2, -0.15) is 0 Å². The summed E-state index contributed by atoms with van der Waals surface area (Å²) in [5.74, 6) is -0.161. The number of carbonyl (C=O) groups excluding carboxylic acids is 2. The molecule has 1 heterocycles. The number of furan rings is 1. The van der Waals surface area contributed by atoms with E-state index in [0.29, 0.717) is 16.9 Å². The maximum absolute atomic E-state index is 12.2. The number of amides is 2. The third-order valence-corrected chi connectivity index (χ3v) is 4.93. The van der Waals surface area contributed by atoms with Crippen LogP contribution in [-0.2, 0) is 4.79 Å². The predicted molar refractivity (Wildman–Crippen MR) is 110 cm³/mol. The van der Waals surface area contributed by atoms with Crippen molar-refractivity contribution in [1.82, 2.24) is 0 Å². The number of hydrogen-bond acceptors (Lipinski definition) is 6. The summed E-state index contributed by atoms with van der Waals surface area (Å²) in [7, 11) is 0. The van der Waals surface area contributed by atoms with Crippen LogP contribution in [0.5, 0.6) is 0 Å². The number of rotatable bonds is 7. The molecule has 2 amide bonds. The van der Waals surface area contributed by atoms with Gasteiger partial charge in [-0.3, -0.25) is 19.7 Å². The van der Waals surface area contributed by atoms with Gasteiger partial charge in [0.2, 0.25) is 5.91 Å². The molecule has 0 atom stereocenters. The molecule has 0 spiro atoms. The van der Waals surface area contributed by atoms with Gasteiger partial charge in [-0.15, -0.1) is 11.8 Å². The highest BCUT2D eigenvalue weighted by Gasteiger charge is 2.11. The molecule has 0 radical (unpaired) electrons. The Morgan fingerprint density at radius 2 is 1.86 bits per heavy atom. The van der Waals surface area contributed by atoms with E-state index in [4.69, 9.17) is 4.42 Å². The van der Waals surface area contributed by atoms with Crippen LogP contribution in [0.4, 0.5) is 17.1 Å². The number of carbonyl (C=O) groups is 2. The maximum Gasteiger partial charge on any atom is 0.291 e. The van der Waals surface area contributed by atoms with Crippen LogP contribution in [0.25, 0.3) is 0 Å². The van der Waals surface area contributed by atoms with Gasteiger partial charge >= 0.3 is 0 Å². The molecule has 1 aromatic heterocycles. The molecule has 0 fully saturated rings. The fourth-order valence-corrected chi connectivity index (χ4v) is 3.17. The smallest absolute Gasteiger partial charge is 0.291 e. The Morgan fingerprint density at radius 1 is 1.10 bits per heavy atom. The molecule has 8 nitrogen and oxygen atoms in total. The predicted octanol–water partition coefficient (Wildman–Crippen LogP) is 4.48. The number of benzene rings is 2. The summed E-state index contributed by atoms with van der Waals surface area (Å²) in [5, 5.41) is 16.2. The number of nitro benzene ring substituents is 1. The minimum Gasteiger partial charge on any atom is -0.459 e. The quantitative estimate of drug-likeness (QED) is 0.337. The van der Waals surface area contributed by atoms with Gasteiger partial charge in [0, 0.05) is 28.4 Å². The van der Waals surface area contributed by atoms with Crippen LogP contribution < -0.4 is 10.6 Å². The first-order valence-corrected chi connectivity index (χ1v) is 9.53. The van der Waals surface area contributed by atoms with Crippen molar-refractivity contribution in [3.05, 3.63) is 82.3 Å². The van der Waals surface area contributed by atoms with E-state index < -0.39 is 4.92 Å². The first-order valence-electron chi connectivity index (χ1n) is 8.55. The molecule has 0 aliphatic heterocycles. The van der Waals surface area contributed by atoms with Crippen molar-refractivity contribution in [2.45, 2.75) is 11.8 Å². The lowest BCUT2D eigenvalue weighted by molar-refractivity contribution is -0.384. The van der Waals surface area contributed by atoms with Crippen LogP contribution in [0.15, 0.2) is 70.2 Å². The van der Waals surface area contributed by atoms with Crippen molar-refractivity contribution in [1.29, 1.82) is 0 Å².